The second-order valence-electron chi connectivity index (χ2n) is 15.9. The Balaban J connectivity index is 2.32. The standard InChI is InChI=1S/C47H90N/c1-4-7-10-13-16-19-22-25-28-31-34-37-40-46-42-44-48(43-39-36-33-30-27-24-21-18-15-12-9-6-3)45-47(46)41-38-35-32-29-26-23-20-17-14-11-8-5-2/h42,44-45H,4-41,43H2,1-3H3/q+1. The molecule has 0 aliphatic rings. The lowest BCUT2D eigenvalue weighted by molar-refractivity contribution is -0.697. The number of hydrogen-bond acceptors (Lipinski definition) is 0. The predicted molar refractivity (Wildman–Crippen MR) is 217 cm³/mol. The molecule has 1 rings (SSSR count). The summed E-state index contributed by atoms with van der Waals surface area (Å²) in [6, 6.07) is 2.51. The van der Waals surface area contributed by atoms with E-state index in [4.69, 9.17) is 0 Å². The third-order valence-corrected chi connectivity index (χ3v) is 11.1. The van der Waals surface area contributed by atoms with Crippen LogP contribution in [0.1, 0.15) is 263 Å². The van der Waals surface area contributed by atoms with Crippen molar-refractivity contribution in [3.63, 3.8) is 0 Å². The molecule has 1 heterocycles. The lowest BCUT2D eigenvalue weighted by Crippen LogP contribution is -2.34. The second-order valence-corrected chi connectivity index (χ2v) is 15.9. The normalized spacial score (nSPS) is 11.6. The lowest BCUT2D eigenvalue weighted by Gasteiger charge is -2.10. The molecule has 0 unspecified atom stereocenters. The van der Waals surface area contributed by atoms with Gasteiger partial charge < -0.3 is 0 Å². The molecule has 0 saturated carbocycles. The minimum atomic E-state index is 1.21. The van der Waals surface area contributed by atoms with Gasteiger partial charge in [-0.1, -0.05) is 226 Å². The van der Waals surface area contributed by atoms with E-state index in [1.54, 1.807) is 11.1 Å². The molecule has 1 aromatic rings. The Bertz CT molecular complexity index is 753. The molecule has 0 atom stereocenters. The van der Waals surface area contributed by atoms with Crippen LogP contribution in [-0.2, 0) is 19.4 Å². The Labute approximate surface area is 304 Å². The molecular formula is C47H90N+. The summed E-state index contributed by atoms with van der Waals surface area (Å²) < 4.78 is 2.54. The summed E-state index contributed by atoms with van der Waals surface area (Å²) in [6.45, 7) is 8.16. The Morgan fingerprint density at radius 2 is 0.583 bits per heavy atom. The largest absolute Gasteiger partial charge is 0.205 e. The first kappa shape index (κ1) is 45.2. The molecule has 0 aliphatic heterocycles. The first-order chi connectivity index (χ1) is 23.8. The van der Waals surface area contributed by atoms with Crippen molar-refractivity contribution in [3.8, 4) is 0 Å². The monoisotopic (exact) mass is 669 g/mol. The Kier molecular flexibility index (Phi) is 35.2. The van der Waals surface area contributed by atoms with Crippen molar-refractivity contribution < 1.29 is 4.57 Å². The zero-order chi connectivity index (χ0) is 34.4. The molecule has 0 fully saturated rings. The minimum absolute atomic E-state index is 1.21. The van der Waals surface area contributed by atoms with Gasteiger partial charge in [0.15, 0.2) is 12.4 Å². The first-order valence-corrected chi connectivity index (χ1v) is 22.8. The summed E-state index contributed by atoms with van der Waals surface area (Å²) in [5.74, 6) is 0. The number of nitrogens with zero attached hydrogens (tertiary/aromatic N) is 1. The van der Waals surface area contributed by atoms with E-state index >= 15 is 0 Å². The molecule has 282 valence electrons. The van der Waals surface area contributed by atoms with E-state index in [1.807, 2.05) is 0 Å². The summed E-state index contributed by atoms with van der Waals surface area (Å²) in [5, 5.41) is 0. The highest BCUT2D eigenvalue weighted by Crippen LogP contribution is 2.18. The van der Waals surface area contributed by atoms with Crippen molar-refractivity contribution in [1.82, 2.24) is 0 Å². The number of aromatic nitrogens is 1. The topological polar surface area (TPSA) is 3.88 Å². The van der Waals surface area contributed by atoms with Crippen molar-refractivity contribution in [2.24, 2.45) is 0 Å². The quantitative estimate of drug-likeness (QED) is 0.0485. The van der Waals surface area contributed by atoms with Gasteiger partial charge in [-0.3, -0.25) is 0 Å². The number of pyridine rings is 1. The number of rotatable bonds is 39. The molecule has 0 saturated heterocycles. The van der Waals surface area contributed by atoms with Crippen molar-refractivity contribution >= 4 is 0 Å². The van der Waals surface area contributed by atoms with E-state index in [-0.39, 0.29) is 0 Å². The van der Waals surface area contributed by atoms with Gasteiger partial charge in [-0.15, -0.1) is 0 Å². The maximum Gasteiger partial charge on any atom is 0.172 e. The van der Waals surface area contributed by atoms with E-state index in [1.165, 1.54) is 251 Å². The molecular weight excluding hydrogens is 579 g/mol. The van der Waals surface area contributed by atoms with Crippen LogP contribution in [0.15, 0.2) is 18.5 Å². The summed E-state index contributed by atoms with van der Waals surface area (Å²) in [4.78, 5) is 0. The van der Waals surface area contributed by atoms with Crippen LogP contribution in [0.2, 0.25) is 0 Å². The molecule has 48 heavy (non-hydrogen) atoms. The van der Waals surface area contributed by atoms with Gasteiger partial charge in [0, 0.05) is 18.1 Å². The molecule has 0 aliphatic carbocycles. The highest BCUT2D eigenvalue weighted by molar-refractivity contribution is 5.21. The Morgan fingerprint density at radius 1 is 0.312 bits per heavy atom. The first-order valence-electron chi connectivity index (χ1n) is 22.8. The van der Waals surface area contributed by atoms with Crippen molar-refractivity contribution in [3.05, 3.63) is 29.6 Å². The van der Waals surface area contributed by atoms with Crippen molar-refractivity contribution in [2.75, 3.05) is 0 Å². The van der Waals surface area contributed by atoms with Crippen LogP contribution < -0.4 is 4.57 Å². The third kappa shape index (κ3) is 30.0. The van der Waals surface area contributed by atoms with Gasteiger partial charge in [0.2, 0.25) is 0 Å². The molecule has 0 aromatic carbocycles. The smallest absolute Gasteiger partial charge is 0.172 e. The average Bonchev–Trinajstić information content (AvgIpc) is 3.10. The number of unbranched alkanes of at least 4 members (excludes halogenated alkanes) is 33. The van der Waals surface area contributed by atoms with Crippen LogP contribution >= 0.6 is 0 Å². The van der Waals surface area contributed by atoms with E-state index in [9.17, 15) is 0 Å². The molecule has 1 heteroatoms. The fraction of sp³-hybridized carbons (Fsp3) is 0.894. The minimum Gasteiger partial charge on any atom is -0.205 e. The van der Waals surface area contributed by atoms with E-state index in [0.29, 0.717) is 0 Å². The van der Waals surface area contributed by atoms with Crippen LogP contribution in [0, 0.1) is 0 Å². The fourth-order valence-corrected chi connectivity index (χ4v) is 7.68. The molecule has 1 aromatic heterocycles. The average molecular weight is 669 g/mol. The van der Waals surface area contributed by atoms with Gasteiger partial charge in [-0.2, -0.15) is 0 Å². The lowest BCUT2D eigenvalue weighted by atomic mass is 9.97. The van der Waals surface area contributed by atoms with Crippen molar-refractivity contribution in [1.29, 1.82) is 0 Å². The maximum absolute atomic E-state index is 2.56. The molecule has 0 amide bonds. The third-order valence-electron chi connectivity index (χ3n) is 11.1. The SMILES string of the molecule is CCCCCCCCCCCCCCc1cc[n+](CCCCCCCCCCCCCC)cc1CCCCCCCCCCCCCC. The highest BCUT2D eigenvalue weighted by Gasteiger charge is 2.10. The van der Waals surface area contributed by atoms with Crippen LogP contribution in [0.5, 0.6) is 0 Å². The van der Waals surface area contributed by atoms with E-state index < -0.39 is 0 Å². The number of aryl methyl sites for hydroxylation is 3. The molecule has 0 bridgehead atoms. The Hall–Kier alpha value is -0.850. The van der Waals surface area contributed by atoms with Gasteiger partial charge in [-0.25, -0.2) is 4.57 Å². The van der Waals surface area contributed by atoms with Crippen LogP contribution in [0.3, 0.4) is 0 Å². The van der Waals surface area contributed by atoms with Gasteiger partial charge in [0.05, 0.1) is 0 Å². The highest BCUT2D eigenvalue weighted by atomic mass is 14.9. The maximum atomic E-state index is 2.56. The van der Waals surface area contributed by atoms with Gasteiger partial charge in [-0.05, 0) is 37.7 Å². The van der Waals surface area contributed by atoms with E-state index in [0.717, 1.165) is 0 Å². The summed E-state index contributed by atoms with van der Waals surface area (Å²) in [5.41, 5.74) is 3.34. The van der Waals surface area contributed by atoms with Crippen molar-refractivity contribution in [2.45, 2.75) is 271 Å². The number of hydrogen-bond donors (Lipinski definition) is 0. The van der Waals surface area contributed by atoms with Crippen LogP contribution in [0.25, 0.3) is 0 Å². The van der Waals surface area contributed by atoms with Gasteiger partial charge in [0.25, 0.3) is 0 Å². The van der Waals surface area contributed by atoms with Gasteiger partial charge >= 0.3 is 0 Å². The van der Waals surface area contributed by atoms with Crippen LogP contribution in [-0.4, -0.2) is 0 Å². The van der Waals surface area contributed by atoms with E-state index in [2.05, 4.69) is 43.8 Å². The zero-order valence-corrected chi connectivity index (χ0v) is 33.8. The summed E-state index contributed by atoms with van der Waals surface area (Å²) in [6.07, 6.45) is 59.3. The molecule has 1 nitrogen and oxygen atoms in total. The fourth-order valence-electron chi connectivity index (χ4n) is 7.68. The summed E-state index contributed by atoms with van der Waals surface area (Å²) >= 11 is 0. The summed E-state index contributed by atoms with van der Waals surface area (Å²) in [7, 11) is 0. The molecule has 0 radical (unpaired) electrons. The Morgan fingerprint density at radius 3 is 0.917 bits per heavy atom. The molecule has 0 N–H and O–H groups in total. The second kappa shape index (κ2) is 37.4. The van der Waals surface area contributed by atoms with Crippen LogP contribution in [0.4, 0.5) is 0 Å². The van der Waals surface area contributed by atoms with Gasteiger partial charge in [0.1, 0.15) is 6.54 Å². The predicted octanol–water partition coefficient (Wildman–Crippen LogP) is 16.2. The zero-order valence-electron chi connectivity index (χ0n) is 33.8. The molecule has 0 spiro atoms.